The average Bonchev–Trinajstić information content (AvgIpc) is 2.58. The standard InChI is InChI=1S/C18H21N3O/c22-18(17-8-4-5-13-19-17)21-16-11-9-15(10-12-16)20-14-6-2-1-3-7-14/h1-3,6-7,9-12,17,19-20H,4-5,8,13H2,(H,21,22). The first-order valence-corrected chi connectivity index (χ1v) is 7.78. The number of anilines is 3. The van der Waals surface area contributed by atoms with Crippen LogP contribution in [0.15, 0.2) is 54.6 Å². The molecule has 1 aliphatic heterocycles. The molecule has 1 atom stereocenters. The smallest absolute Gasteiger partial charge is 0.241 e. The predicted octanol–water partition coefficient (Wildman–Crippen LogP) is 3.51. The maximum absolute atomic E-state index is 12.2. The first kappa shape index (κ1) is 14.6. The zero-order valence-electron chi connectivity index (χ0n) is 12.5. The van der Waals surface area contributed by atoms with E-state index in [-0.39, 0.29) is 11.9 Å². The third-order valence-corrected chi connectivity index (χ3v) is 3.84. The van der Waals surface area contributed by atoms with Crippen molar-refractivity contribution in [2.45, 2.75) is 25.3 Å². The maximum Gasteiger partial charge on any atom is 0.241 e. The van der Waals surface area contributed by atoms with Crippen LogP contribution in [0.1, 0.15) is 19.3 Å². The molecule has 2 aromatic carbocycles. The highest BCUT2D eigenvalue weighted by molar-refractivity contribution is 5.95. The molecule has 114 valence electrons. The molecule has 1 heterocycles. The van der Waals surface area contributed by atoms with E-state index in [4.69, 9.17) is 0 Å². The second-order valence-corrected chi connectivity index (χ2v) is 5.56. The molecule has 1 unspecified atom stereocenters. The summed E-state index contributed by atoms with van der Waals surface area (Å²) in [7, 11) is 0. The molecule has 22 heavy (non-hydrogen) atoms. The number of benzene rings is 2. The first-order valence-electron chi connectivity index (χ1n) is 7.78. The zero-order valence-corrected chi connectivity index (χ0v) is 12.5. The second-order valence-electron chi connectivity index (χ2n) is 5.56. The predicted molar refractivity (Wildman–Crippen MR) is 90.4 cm³/mol. The lowest BCUT2D eigenvalue weighted by atomic mass is 10.0. The van der Waals surface area contributed by atoms with Gasteiger partial charge in [0.25, 0.3) is 0 Å². The van der Waals surface area contributed by atoms with Crippen molar-refractivity contribution in [2.75, 3.05) is 17.2 Å². The lowest BCUT2D eigenvalue weighted by molar-refractivity contribution is -0.118. The van der Waals surface area contributed by atoms with E-state index >= 15 is 0 Å². The van der Waals surface area contributed by atoms with Gasteiger partial charge in [-0.25, -0.2) is 0 Å². The van der Waals surface area contributed by atoms with Crippen LogP contribution in [-0.4, -0.2) is 18.5 Å². The lowest BCUT2D eigenvalue weighted by Gasteiger charge is -2.22. The molecule has 3 rings (SSSR count). The topological polar surface area (TPSA) is 53.2 Å². The number of nitrogens with one attached hydrogen (secondary N) is 3. The van der Waals surface area contributed by atoms with Crippen LogP contribution in [-0.2, 0) is 4.79 Å². The molecule has 4 heteroatoms. The fourth-order valence-electron chi connectivity index (χ4n) is 2.63. The minimum Gasteiger partial charge on any atom is -0.356 e. The fraction of sp³-hybridized carbons (Fsp3) is 0.278. The van der Waals surface area contributed by atoms with Crippen molar-refractivity contribution in [2.24, 2.45) is 0 Å². The van der Waals surface area contributed by atoms with Gasteiger partial charge < -0.3 is 16.0 Å². The molecular weight excluding hydrogens is 274 g/mol. The Bertz CT molecular complexity index is 604. The Kier molecular flexibility index (Phi) is 4.71. The molecule has 1 saturated heterocycles. The van der Waals surface area contributed by atoms with Crippen molar-refractivity contribution in [3.8, 4) is 0 Å². The van der Waals surface area contributed by atoms with Crippen LogP contribution < -0.4 is 16.0 Å². The Balaban J connectivity index is 1.58. The van der Waals surface area contributed by atoms with Gasteiger partial charge in [-0.15, -0.1) is 0 Å². The fourth-order valence-corrected chi connectivity index (χ4v) is 2.63. The van der Waals surface area contributed by atoms with E-state index in [0.29, 0.717) is 0 Å². The van der Waals surface area contributed by atoms with Crippen LogP contribution in [0.5, 0.6) is 0 Å². The van der Waals surface area contributed by atoms with Gasteiger partial charge in [-0.1, -0.05) is 24.6 Å². The summed E-state index contributed by atoms with van der Waals surface area (Å²) in [5, 5.41) is 9.56. The second kappa shape index (κ2) is 7.09. The Morgan fingerprint density at radius 2 is 1.59 bits per heavy atom. The highest BCUT2D eigenvalue weighted by Crippen LogP contribution is 2.19. The molecule has 0 bridgehead atoms. The van der Waals surface area contributed by atoms with Gasteiger partial charge in [0.1, 0.15) is 0 Å². The Morgan fingerprint density at radius 1 is 0.909 bits per heavy atom. The van der Waals surface area contributed by atoms with Crippen molar-refractivity contribution < 1.29 is 4.79 Å². The van der Waals surface area contributed by atoms with E-state index in [2.05, 4.69) is 16.0 Å². The normalized spacial score (nSPS) is 17.7. The van der Waals surface area contributed by atoms with Crippen LogP contribution in [0.4, 0.5) is 17.1 Å². The highest BCUT2D eigenvalue weighted by atomic mass is 16.2. The quantitative estimate of drug-likeness (QED) is 0.809. The molecule has 1 amide bonds. The summed E-state index contributed by atoms with van der Waals surface area (Å²) in [5.41, 5.74) is 2.88. The minimum absolute atomic E-state index is 0.0588. The van der Waals surface area contributed by atoms with Crippen LogP contribution in [0.2, 0.25) is 0 Å². The summed E-state index contributed by atoms with van der Waals surface area (Å²) < 4.78 is 0. The monoisotopic (exact) mass is 295 g/mol. The number of hydrogen-bond donors (Lipinski definition) is 3. The van der Waals surface area contributed by atoms with Gasteiger partial charge in [0, 0.05) is 17.1 Å². The van der Waals surface area contributed by atoms with Gasteiger partial charge in [-0.05, 0) is 55.8 Å². The Labute approximate surface area is 130 Å². The SMILES string of the molecule is O=C(Nc1ccc(Nc2ccccc2)cc1)C1CCCCN1. The third kappa shape index (κ3) is 3.86. The van der Waals surface area contributed by atoms with Crippen LogP contribution >= 0.6 is 0 Å². The summed E-state index contributed by atoms with van der Waals surface area (Å²) in [4.78, 5) is 12.2. The molecule has 1 aliphatic rings. The van der Waals surface area contributed by atoms with E-state index in [1.807, 2.05) is 54.6 Å². The van der Waals surface area contributed by atoms with Gasteiger partial charge in [-0.2, -0.15) is 0 Å². The van der Waals surface area contributed by atoms with Crippen molar-refractivity contribution >= 4 is 23.0 Å². The molecular formula is C18H21N3O. The molecule has 2 aromatic rings. The van der Waals surface area contributed by atoms with Gasteiger partial charge in [0.05, 0.1) is 6.04 Å². The average molecular weight is 295 g/mol. The summed E-state index contributed by atoms with van der Waals surface area (Å²) in [6, 6.07) is 17.7. The van der Waals surface area contributed by atoms with Gasteiger partial charge in [0.15, 0.2) is 0 Å². The Morgan fingerprint density at radius 3 is 2.27 bits per heavy atom. The van der Waals surface area contributed by atoms with Crippen molar-refractivity contribution in [1.82, 2.24) is 5.32 Å². The molecule has 4 nitrogen and oxygen atoms in total. The number of piperidine rings is 1. The molecule has 0 aromatic heterocycles. The number of amides is 1. The maximum atomic E-state index is 12.2. The summed E-state index contributed by atoms with van der Waals surface area (Å²) in [6.07, 6.45) is 3.19. The third-order valence-electron chi connectivity index (χ3n) is 3.84. The summed E-state index contributed by atoms with van der Waals surface area (Å²) in [6.45, 7) is 0.929. The lowest BCUT2D eigenvalue weighted by Crippen LogP contribution is -2.43. The first-order chi connectivity index (χ1) is 10.8. The largest absolute Gasteiger partial charge is 0.356 e. The summed E-state index contributed by atoms with van der Waals surface area (Å²) in [5.74, 6) is 0.0588. The van der Waals surface area contributed by atoms with E-state index in [1.54, 1.807) is 0 Å². The number of hydrogen-bond acceptors (Lipinski definition) is 3. The van der Waals surface area contributed by atoms with Crippen molar-refractivity contribution in [3.63, 3.8) is 0 Å². The van der Waals surface area contributed by atoms with Crippen molar-refractivity contribution in [3.05, 3.63) is 54.6 Å². The Hall–Kier alpha value is -2.33. The van der Waals surface area contributed by atoms with E-state index in [0.717, 1.165) is 42.9 Å². The van der Waals surface area contributed by atoms with Crippen LogP contribution in [0, 0.1) is 0 Å². The van der Waals surface area contributed by atoms with E-state index in [9.17, 15) is 4.79 Å². The van der Waals surface area contributed by atoms with Crippen LogP contribution in [0.25, 0.3) is 0 Å². The highest BCUT2D eigenvalue weighted by Gasteiger charge is 2.20. The molecule has 0 spiro atoms. The van der Waals surface area contributed by atoms with Crippen molar-refractivity contribution in [1.29, 1.82) is 0 Å². The van der Waals surface area contributed by atoms with E-state index in [1.165, 1.54) is 0 Å². The molecule has 0 aliphatic carbocycles. The number of rotatable bonds is 4. The molecule has 0 saturated carbocycles. The number of carbonyl (C=O) groups is 1. The number of para-hydroxylation sites is 1. The summed E-state index contributed by atoms with van der Waals surface area (Å²) >= 11 is 0. The number of carbonyl (C=O) groups excluding carboxylic acids is 1. The van der Waals surface area contributed by atoms with Crippen LogP contribution in [0.3, 0.4) is 0 Å². The minimum atomic E-state index is -0.0594. The molecule has 3 N–H and O–H groups in total. The van der Waals surface area contributed by atoms with Gasteiger partial charge >= 0.3 is 0 Å². The van der Waals surface area contributed by atoms with Gasteiger partial charge in [-0.3, -0.25) is 4.79 Å². The molecule has 1 fully saturated rings. The molecule has 0 radical (unpaired) electrons. The van der Waals surface area contributed by atoms with E-state index < -0.39 is 0 Å². The zero-order chi connectivity index (χ0) is 15.2. The van der Waals surface area contributed by atoms with Gasteiger partial charge in [0.2, 0.25) is 5.91 Å².